The molecule has 0 aromatic heterocycles. The summed E-state index contributed by atoms with van der Waals surface area (Å²) in [5, 5.41) is 16.0. The summed E-state index contributed by atoms with van der Waals surface area (Å²) in [7, 11) is 0. The molecule has 0 bridgehead atoms. The quantitative estimate of drug-likeness (QED) is 0.496. The highest BCUT2D eigenvalue weighted by Crippen LogP contribution is 2.44. The highest BCUT2D eigenvalue weighted by Gasteiger charge is 2.28. The van der Waals surface area contributed by atoms with E-state index in [1.54, 1.807) is 5.16 Å². The molecule has 21 heavy (non-hydrogen) atoms. The van der Waals surface area contributed by atoms with Gasteiger partial charge in [-0.05, 0) is 34.5 Å². The van der Waals surface area contributed by atoms with Crippen LogP contribution in [-0.4, -0.2) is 23.0 Å². The summed E-state index contributed by atoms with van der Waals surface area (Å²) >= 11 is 3.81. The second kappa shape index (κ2) is 6.79. The molecule has 0 amide bonds. The number of carboxylic acid groups (broad SMARTS) is 1. The molecule has 0 atom stereocenters. The molecule has 1 aliphatic carbocycles. The number of hydrogen-bond donors (Lipinski definition) is 2. The fourth-order valence-electron chi connectivity index (χ4n) is 2.59. The Labute approximate surface area is 127 Å². The Morgan fingerprint density at radius 1 is 1.14 bits per heavy atom. The number of carbonyl (C=O) groups is 1. The standard InChI is InChI=1S/C15H12O3.CHNS/c16-15(17)18-9-14-12-7-3-1-5-10(12)11-6-2-4-8-13(11)14;2-1-3/h1-8,14H,9H2,(H,16,17);2H. The third-order valence-corrected chi connectivity index (χ3v) is 3.34. The molecule has 0 saturated heterocycles. The van der Waals surface area contributed by atoms with Gasteiger partial charge in [0, 0.05) is 5.92 Å². The van der Waals surface area contributed by atoms with Crippen LogP contribution in [0.4, 0.5) is 4.79 Å². The van der Waals surface area contributed by atoms with Crippen LogP contribution in [0.2, 0.25) is 0 Å². The summed E-state index contributed by atoms with van der Waals surface area (Å²) in [5.41, 5.74) is 4.62. The zero-order chi connectivity index (χ0) is 15.2. The largest absolute Gasteiger partial charge is 0.505 e. The molecular formula is C16H13NO3S. The van der Waals surface area contributed by atoms with Gasteiger partial charge in [-0.25, -0.2) is 10.2 Å². The Bertz CT molecular complexity index is 648. The lowest BCUT2D eigenvalue weighted by Crippen LogP contribution is -2.10. The maximum Gasteiger partial charge on any atom is 0.505 e. The first-order valence-electron chi connectivity index (χ1n) is 6.26. The van der Waals surface area contributed by atoms with E-state index in [0.29, 0.717) is 0 Å². The molecule has 1 aliphatic rings. The number of thiocarbonyl (C=S) groups is 1. The molecule has 106 valence electrons. The first-order chi connectivity index (χ1) is 10.2. The fraction of sp³-hybridized carbons (Fsp3) is 0.125. The minimum absolute atomic E-state index is 0.00787. The summed E-state index contributed by atoms with van der Waals surface area (Å²) in [5.74, 6) is 0.00787. The molecule has 0 unspecified atom stereocenters. The number of nitrogens with one attached hydrogen (secondary N) is 1. The molecule has 0 spiro atoms. The van der Waals surface area contributed by atoms with Crippen molar-refractivity contribution in [2.75, 3.05) is 6.61 Å². The third-order valence-electron chi connectivity index (χ3n) is 3.34. The first kappa shape index (κ1) is 14.9. The van der Waals surface area contributed by atoms with E-state index in [2.05, 4.69) is 24.4 Å². The predicted molar refractivity (Wildman–Crippen MR) is 83.0 cm³/mol. The number of hydrogen-bond acceptors (Lipinski definition) is 4. The van der Waals surface area contributed by atoms with Crippen LogP contribution in [0.1, 0.15) is 17.0 Å². The van der Waals surface area contributed by atoms with Crippen molar-refractivity contribution in [2.45, 2.75) is 5.92 Å². The zero-order valence-electron chi connectivity index (χ0n) is 11.1. The molecule has 0 heterocycles. The summed E-state index contributed by atoms with van der Waals surface area (Å²) in [6.45, 7) is 0.170. The van der Waals surface area contributed by atoms with Crippen molar-refractivity contribution in [3.8, 4) is 11.1 Å². The van der Waals surface area contributed by atoms with Crippen molar-refractivity contribution in [2.24, 2.45) is 0 Å². The second-order valence-corrected chi connectivity index (χ2v) is 4.61. The molecule has 0 fully saturated rings. The monoisotopic (exact) mass is 299 g/mol. The zero-order valence-corrected chi connectivity index (χ0v) is 11.9. The molecule has 2 aromatic rings. The maximum atomic E-state index is 10.6. The predicted octanol–water partition coefficient (Wildman–Crippen LogP) is 4.16. The lowest BCUT2D eigenvalue weighted by molar-refractivity contribution is 0.0891. The van der Waals surface area contributed by atoms with E-state index in [4.69, 9.17) is 15.3 Å². The third kappa shape index (κ3) is 3.16. The normalized spacial score (nSPS) is 11.4. The van der Waals surface area contributed by atoms with Gasteiger partial charge in [0.05, 0.1) is 5.16 Å². The number of isothiocyanates is 1. The van der Waals surface area contributed by atoms with Gasteiger partial charge < -0.3 is 9.84 Å². The molecule has 5 heteroatoms. The number of rotatable bonds is 2. The molecule has 0 radical (unpaired) electrons. The van der Waals surface area contributed by atoms with Crippen LogP contribution in [0.5, 0.6) is 0 Å². The Hall–Kier alpha value is -2.49. The summed E-state index contributed by atoms with van der Waals surface area (Å²) in [6.07, 6.45) is -1.23. The van der Waals surface area contributed by atoms with E-state index in [1.807, 2.05) is 36.4 Å². The minimum Gasteiger partial charge on any atom is -0.450 e. The van der Waals surface area contributed by atoms with Gasteiger partial charge in [-0.1, -0.05) is 48.5 Å². The van der Waals surface area contributed by atoms with Crippen molar-refractivity contribution in [3.63, 3.8) is 0 Å². The van der Waals surface area contributed by atoms with E-state index >= 15 is 0 Å². The highest BCUT2D eigenvalue weighted by atomic mass is 32.1. The lowest BCUT2D eigenvalue weighted by Gasteiger charge is -2.12. The van der Waals surface area contributed by atoms with Crippen molar-refractivity contribution in [1.29, 1.82) is 5.41 Å². The maximum absolute atomic E-state index is 10.6. The molecule has 0 aliphatic heterocycles. The highest BCUT2D eigenvalue weighted by molar-refractivity contribution is 7.78. The van der Waals surface area contributed by atoms with Gasteiger partial charge in [0.2, 0.25) is 0 Å². The van der Waals surface area contributed by atoms with Crippen molar-refractivity contribution in [1.82, 2.24) is 0 Å². The average molecular weight is 299 g/mol. The smallest absolute Gasteiger partial charge is 0.450 e. The Morgan fingerprint density at radius 3 is 2.00 bits per heavy atom. The molecule has 0 saturated carbocycles. The first-order valence-corrected chi connectivity index (χ1v) is 6.67. The van der Waals surface area contributed by atoms with Crippen LogP contribution in [0, 0.1) is 5.41 Å². The topological polar surface area (TPSA) is 70.4 Å². The lowest BCUT2D eigenvalue weighted by atomic mass is 9.98. The molecule has 4 nitrogen and oxygen atoms in total. The van der Waals surface area contributed by atoms with Crippen LogP contribution in [0.15, 0.2) is 48.5 Å². The van der Waals surface area contributed by atoms with E-state index in [9.17, 15) is 4.79 Å². The summed E-state index contributed by atoms with van der Waals surface area (Å²) in [4.78, 5) is 10.6. The van der Waals surface area contributed by atoms with Gasteiger partial charge >= 0.3 is 6.16 Å². The van der Waals surface area contributed by atoms with Crippen LogP contribution in [0.25, 0.3) is 11.1 Å². The van der Waals surface area contributed by atoms with Crippen LogP contribution < -0.4 is 0 Å². The summed E-state index contributed by atoms with van der Waals surface area (Å²) < 4.78 is 4.76. The van der Waals surface area contributed by atoms with Crippen molar-refractivity contribution >= 4 is 23.5 Å². The average Bonchev–Trinajstić information content (AvgIpc) is 2.80. The van der Waals surface area contributed by atoms with Crippen LogP contribution in [-0.2, 0) is 4.74 Å². The number of benzene rings is 2. The Kier molecular flexibility index (Phi) is 4.82. The van der Waals surface area contributed by atoms with E-state index in [-0.39, 0.29) is 12.5 Å². The number of fused-ring (bicyclic) bond motifs is 3. The Morgan fingerprint density at radius 2 is 1.57 bits per heavy atom. The van der Waals surface area contributed by atoms with Crippen molar-refractivity contribution in [3.05, 3.63) is 59.7 Å². The van der Waals surface area contributed by atoms with Gasteiger partial charge in [-0.3, -0.25) is 0 Å². The Balaban J connectivity index is 0.000000497. The minimum atomic E-state index is -1.23. The molecule has 3 rings (SSSR count). The van der Waals surface area contributed by atoms with Gasteiger partial charge in [0.15, 0.2) is 0 Å². The van der Waals surface area contributed by atoms with E-state index in [1.165, 1.54) is 11.1 Å². The van der Waals surface area contributed by atoms with E-state index < -0.39 is 6.16 Å². The van der Waals surface area contributed by atoms with Gasteiger partial charge in [0.1, 0.15) is 6.61 Å². The number of ether oxygens (including phenoxy) is 1. The summed E-state index contributed by atoms with van der Waals surface area (Å²) in [6, 6.07) is 16.1. The van der Waals surface area contributed by atoms with Gasteiger partial charge in [0.25, 0.3) is 0 Å². The van der Waals surface area contributed by atoms with Crippen molar-refractivity contribution < 1.29 is 14.6 Å². The van der Waals surface area contributed by atoms with Crippen LogP contribution in [0.3, 0.4) is 0 Å². The van der Waals surface area contributed by atoms with Gasteiger partial charge in [-0.2, -0.15) is 0 Å². The SMILES string of the molecule is N=C=S.O=C(O)OCC1c2ccccc2-c2ccccc21. The van der Waals surface area contributed by atoms with Gasteiger partial charge in [-0.15, -0.1) is 0 Å². The van der Waals surface area contributed by atoms with E-state index in [0.717, 1.165) is 11.1 Å². The molecule has 2 N–H and O–H groups in total. The van der Waals surface area contributed by atoms with Crippen LogP contribution >= 0.6 is 12.2 Å². The molecule has 2 aromatic carbocycles. The molecular weight excluding hydrogens is 286 g/mol. The second-order valence-electron chi connectivity index (χ2n) is 4.41. The fourth-order valence-corrected chi connectivity index (χ4v) is 2.59.